The second-order valence-corrected chi connectivity index (χ2v) is 6.31. The number of alkyl halides is 3. The van der Waals surface area contributed by atoms with E-state index in [-0.39, 0.29) is 12.1 Å². The van der Waals surface area contributed by atoms with E-state index in [9.17, 15) is 13.2 Å². The lowest BCUT2D eigenvalue weighted by Gasteiger charge is -2.16. The third kappa shape index (κ3) is 2.68. The number of aromatic nitrogens is 4. The Bertz CT molecular complexity index is 992. The predicted molar refractivity (Wildman–Crippen MR) is 89.6 cm³/mol. The van der Waals surface area contributed by atoms with Gasteiger partial charge in [0.05, 0.1) is 5.56 Å². The third-order valence-corrected chi connectivity index (χ3v) is 4.72. The molecule has 136 valence electrons. The van der Waals surface area contributed by atoms with Crippen LogP contribution < -0.4 is 10.6 Å². The van der Waals surface area contributed by atoms with Crippen LogP contribution in [0, 0.1) is 13.8 Å². The summed E-state index contributed by atoms with van der Waals surface area (Å²) in [7, 11) is 0. The molecule has 2 N–H and O–H groups in total. The van der Waals surface area contributed by atoms with Crippen LogP contribution in [0.25, 0.3) is 5.78 Å². The molecule has 26 heavy (non-hydrogen) atoms. The number of benzene rings is 1. The van der Waals surface area contributed by atoms with E-state index >= 15 is 0 Å². The Hall–Kier alpha value is -2.68. The van der Waals surface area contributed by atoms with Crippen molar-refractivity contribution in [3.63, 3.8) is 0 Å². The summed E-state index contributed by atoms with van der Waals surface area (Å²) in [6.45, 7) is 4.91. The lowest BCUT2D eigenvalue weighted by Crippen LogP contribution is -2.12. The van der Waals surface area contributed by atoms with Crippen molar-refractivity contribution in [3.05, 3.63) is 52.0 Å². The number of anilines is 1. The van der Waals surface area contributed by atoms with E-state index in [1.807, 2.05) is 11.3 Å². The first kappa shape index (κ1) is 16.8. The Morgan fingerprint density at radius 1 is 1.19 bits per heavy atom. The molecule has 0 atom stereocenters. The first-order chi connectivity index (χ1) is 12.4. The fourth-order valence-corrected chi connectivity index (χ4v) is 3.36. The van der Waals surface area contributed by atoms with Crippen molar-refractivity contribution in [1.82, 2.24) is 24.9 Å². The lowest BCUT2D eigenvalue weighted by atomic mass is 10.0. The number of halogens is 3. The highest BCUT2D eigenvalue weighted by Crippen LogP contribution is 2.33. The molecular formula is C17H17F3N6. The molecule has 1 aromatic carbocycles. The number of hydrogen-bond acceptors (Lipinski definition) is 5. The van der Waals surface area contributed by atoms with Crippen LogP contribution in [0.2, 0.25) is 0 Å². The van der Waals surface area contributed by atoms with Gasteiger partial charge in [0.15, 0.2) is 0 Å². The van der Waals surface area contributed by atoms with E-state index in [1.165, 1.54) is 13.0 Å². The van der Waals surface area contributed by atoms with Crippen molar-refractivity contribution in [2.75, 3.05) is 5.32 Å². The van der Waals surface area contributed by atoms with Crippen molar-refractivity contribution in [1.29, 1.82) is 0 Å². The molecule has 0 amide bonds. The van der Waals surface area contributed by atoms with Gasteiger partial charge < -0.3 is 10.6 Å². The lowest BCUT2D eigenvalue weighted by molar-refractivity contribution is -0.138. The van der Waals surface area contributed by atoms with Gasteiger partial charge in [-0.2, -0.15) is 18.2 Å². The highest BCUT2D eigenvalue weighted by molar-refractivity contribution is 5.54. The summed E-state index contributed by atoms with van der Waals surface area (Å²) < 4.78 is 41.2. The van der Waals surface area contributed by atoms with E-state index < -0.39 is 11.7 Å². The Balaban J connectivity index is 1.68. The average Bonchev–Trinajstić information content (AvgIpc) is 3.19. The molecule has 0 saturated heterocycles. The standard InChI is InChI=1S/C17H17F3N6/c1-9-11(4-3-5-13(9)17(18,19)20)6-22-15-12-7-21-8-14(12)26-10(2)24-25-16(26)23-15/h3-5,21H,6-8H2,1-2H3,(H,22,23,25). The van der Waals surface area contributed by atoms with Crippen LogP contribution in [-0.2, 0) is 25.8 Å². The van der Waals surface area contributed by atoms with Crippen LogP contribution in [-0.4, -0.2) is 19.6 Å². The minimum absolute atomic E-state index is 0.224. The molecule has 1 aliphatic rings. The topological polar surface area (TPSA) is 67.1 Å². The Morgan fingerprint density at radius 2 is 2.00 bits per heavy atom. The molecule has 9 heteroatoms. The quantitative estimate of drug-likeness (QED) is 0.750. The monoisotopic (exact) mass is 362 g/mol. The largest absolute Gasteiger partial charge is 0.416 e. The molecule has 1 aliphatic heterocycles. The maximum absolute atomic E-state index is 13.1. The number of fused-ring (bicyclic) bond motifs is 3. The van der Waals surface area contributed by atoms with Crippen molar-refractivity contribution in [2.45, 2.75) is 39.7 Å². The van der Waals surface area contributed by atoms with E-state index in [1.54, 1.807) is 6.07 Å². The number of aryl methyl sites for hydroxylation is 1. The molecule has 0 spiro atoms. The van der Waals surface area contributed by atoms with E-state index in [2.05, 4.69) is 25.8 Å². The number of rotatable bonds is 3. The van der Waals surface area contributed by atoms with Crippen LogP contribution in [0.15, 0.2) is 18.2 Å². The molecule has 6 nitrogen and oxygen atoms in total. The first-order valence-corrected chi connectivity index (χ1v) is 8.20. The number of hydrogen-bond donors (Lipinski definition) is 2. The summed E-state index contributed by atoms with van der Waals surface area (Å²) >= 11 is 0. The molecule has 0 saturated carbocycles. The Kier molecular flexibility index (Phi) is 3.83. The minimum Gasteiger partial charge on any atom is -0.366 e. The molecule has 0 unspecified atom stereocenters. The van der Waals surface area contributed by atoms with Crippen LogP contribution in [0.5, 0.6) is 0 Å². The molecule has 0 radical (unpaired) electrons. The van der Waals surface area contributed by atoms with Crippen LogP contribution in [0.3, 0.4) is 0 Å². The first-order valence-electron chi connectivity index (χ1n) is 8.20. The summed E-state index contributed by atoms with van der Waals surface area (Å²) in [6.07, 6.45) is -4.36. The smallest absolute Gasteiger partial charge is 0.366 e. The predicted octanol–water partition coefficient (Wildman–Crippen LogP) is 2.98. The zero-order chi connectivity index (χ0) is 18.5. The molecule has 3 aromatic rings. The normalized spacial score (nSPS) is 14.0. The fraction of sp³-hybridized carbons (Fsp3) is 0.353. The summed E-state index contributed by atoms with van der Waals surface area (Å²) in [5, 5.41) is 14.6. The molecular weight excluding hydrogens is 345 g/mol. The second kappa shape index (κ2) is 5.94. The highest BCUT2D eigenvalue weighted by atomic mass is 19.4. The van der Waals surface area contributed by atoms with Crippen molar-refractivity contribution in [3.8, 4) is 0 Å². The van der Waals surface area contributed by atoms with Gasteiger partial charge in [0.25, 0.3) is 5.78 Å². The Morgan fingerprint density at radius 3 is 2.77 bits per heavy atom. The third-order valence-electron chi connectivity index (χ3n) is 4.72. The maximum atomic E-state index is 13.1. The maximum Gasteiger partial charge on any atom is 0.416 e. The molecule has 0 aliphatic carbocycles. The molecule has 2 aromatic heterocycles. The van der Waals surface area contributed by atoms with E-state index in [0.717, 1.165) is 23.1 Å². The van der Waals surface area contributed by atoms with Crippen molar-refractivity contribution < 1.29 is 13.2 Å². The van der Waals surface area contributed by atoms with Crippen LogP contribution in [0.1, 0.15) is 33.8 Å². The van der Waals surface area contributed by atoms with Crippen LogP contribution in [0.4, 0.5) is 19.0 Å². The number of nitrogens with zero attached hydrogens (tertiary/aromatic N) is 4. The summed E-state index contributed by atoms with van der Waals surface area (Å²) in [6, 6.07) is 4.22. The van der Waals surface area contributed by atoms with E-state index in [4.69, 9.17) is 0 Å². The van der Waals surface area contributed by atoms with Gasteiger partial charge in [0.1, 0.15) is 11.6 Å². The summed E-state index contributed by atoms with van der Waals surface area (Å²) in [5.74, 6) is 1.86. The van der Waals surface area contributed by atoms with Gasteiger partial charge in [-0.3, -0.25) is 4.40 Å². The summed E-state index contributed by atoms with van der Waals surface area (Å²) in [5.41, 5.74) is 2.21. The molecule has 3 heterocycles. The van der Waals surface area contributed by atoms with Gasteiger partial charge in [0, 0.05) is 30.9 Å². The van der Waals surface area contributed by atoms with Crippen LogP contribution >= 0.6 is 0 Å². The van der Waals surface area contributed by atoms with Gasteiger partial charge in [-0.1, -0.05) is 12.1 Å². The zero-order valence-electron chi connectivity index (χ0n) is 14.3. The SMILES string of the molecule is Cc1c(CNc2nc3nnc(C)n3c3c2CNC3)cccc1C(F)(F)F. The van der Waals surface area contributed by atoms with Gasteiger partial charge in [-0.05, 0) is 31.0 Å². The Labute approximate surface area is 147 Å². The molecule has 0 fully saturated rings. The fourth-order valence-electron chi connectivity index (χ4n) is 3.36. The molecule has 0 bridgehead atoms. The highest BCUT2D eigenvalue weighted by Gasteiger charge is 2.32. The summed E-state index contributed by atoms with van der Waals surface area (Å²) in [4.78, 5) is 4.50. The average molecular weight is 362 g/mol. The zero-order valence-corrected chi connectivity index (χ0v) is 14.3. The second-order valence-electron chi connectivity index (χ2n) is 6.31. The van der Waals surface area contributed by atoms with Gasteiger partial charge in [-0.25, -0.2) is 0 Å². The number of nitrogens with one attached hydrogen (secondary N) is 2. The van der Waals surface area contributed by atoms with Gasteiger partial charge >= 0.3 is 6.18 Å². The van der Waals surface area contributed by atoms with Crippen molar-refractivity contribution in [2.24, 2.45) is 0 Å². The van der Waals surface area contributed by atoms with Gasteiger partial charge in [-0.15, -0.1) is 10.2 Å². The van der Waals surface area contributed by atoms with Crippen molar-refractivity contribution >= 4 is 11.6 Å². The molecule has 4 rings (SSSR count). The minimum atomic E-state index is -4.36. The van der Waals surface area contributed by atoms with Gasteiger partial charge in [0.2, 0.25) is 0 Å². The van der Waals surface area contributed by atoms with E-state index in [0.29, 0.717) is 30.2 Å².